The van der Waals surface area contributed by atoms with Crippen LogP contribution in [0.3, 0.4) is 0 Å². The molecule has 5 N–H and O–H groups in total. The second-order valence-electron chi connectivity index (χ2n) is 32.2. The van der Waals surface area contributed by atoms with Crippen LogP contribution in [-0.4, -0.2) is 204 Å². The molecule has 0 bridgehead atoms. The molecule has 4 aromatic carbocycles. The average molecular weight is 1740 g/mol. The van der Waals surface area contributed by atoms with E-state index in [1.54, 1.807) is 30.2 Å². The lowest BCUT2D eigenvalue weighted by molar-refractivity contribution is -0.296. The number of H-pyrrole nitrogens is 1. The van der Waals surface area contributed by atoms with Crippen LogP contribution in [0, 0.1) is 0 Å². The van der Waals surface area contributed by atoms with E-state index >= 15 is 0 Å². The van der Waals surface area contributed by atoms with Gasteiger partial charge in [0.25, 0.3) is 0 Å². The first kappa shape index (κ1) is 102. The number of carbonyl (C=O) groups is 7. The molecule has 32 heteroatoms. The summed E-state index contributed by atoms with van der Waals surface area (Å²) in [5, 5.41) is 59.0. The van der Waals surface area contributed by atoms with Crippen LogP contribution in [0.1, 0.15) is 189 Å². The lowest BCUT2D eigenvalue weighted by atomic mass is 9.95. The zero-order valence-corrected chi connectivity index (χ0v) is 76.8. The molecule has 123 heavy (non-hydrogen) atoms. The molecule has 0 amide bonds. The van der Waals surface area contributed by atoms with Crippen LogP contribution >= 0.6 is 0 Å². The van der Waals surface area contributed by atoms with Crippen LogP contribution in [0.2, 0.25) is 39.3 Å². The lowest BCUT2D eigenvalue weighted by Gasteiger charge is -2.44. The van der Waals surface area contributed by atoms with Crippen LogP contribution in [0.4, 0.5) is 0 Å². The highest BCUT2D eigenvalue weighted by atomic mass is 28.4. The van der Waals surface area contributed by atoms with Crippen molar-refractivity contribution >= 4 is 58.3 Å². The molecule has 30 nitrogen and oxygen atoms in total. The number of hydrogen-bond donors (Lipinski definition) is 5. The van der Waals surface area contributed by atoms with E-state index in [0.717, 1.165) is 87.3 Å². The zero-order chi connectivity index (χ0) is 91.0. The van der Waals surface area contributed by atoms with Crippen molar-refractivity contribution in [2.75, 3.05) is 6.61 Å². The van der Waals surface area contributed by atoms with E-state index in [-0.39, 0.29) is 0 Å². The van der Waals surface area contributed by atoms with Crippen molar-refractivity contribution in [3.8, 4) is 0 Å². The van der Waals surface area contributed by atoms with Crippen LogP contribution < -0.4 is 0 Å². The van der Waals surface area contributed by atoms with Crippen molar-refractivity contribution in [2.24, 2.45) is 0 Å². The summed E-state index contributed by atoms with van der Waals surface area (Å²) >= 11 is 0. The molecule has 0 saturated carbocycles. The maximum atomic E-state index is 11.9. The summed E-state index contributed by atoms with van der Waals surface area (Å²) in [6, 6.07) is 34.4. The van der Waals surface area contributed by atoms with Crippen molar-refractivity contribution in [1.29, 1.82) is 0 Å². The smallest absolute Gasteiger partial charge is 0.305 e. The van der Waals surface area contributed by atoms with Gasteiger partial charge in [-0.3, -0.25) is 38.7 Å². The number of aliphatic hydroxyl groups excluding tert-OH is 4. The minimum atomic E-state index is -1.41. The number of esters is 7. The number of ether oxygens (including phenoxy) is 10. The van der Waals surface area contributed by atoms with E-state index in [1.807, 2.05) is 38.6 Å². The first-order valence-electron chi connectivity index (χ1n) is 41.7. The summed E-state index contributed by atoms with van der Waals surface area (Å²) in [4.78, 5) is 81.1. The molecule has 3 saturated heterocycles. The fourth-order valence-electron chi connectivity index (χ4n) is 13.6. The highest BCUT2D eigenvalue weighted by molar-refractivity contribution is 6.74. The van der Waals surface area contributed by atoms with E-state index in [2.05, 4.69) is 207 Å². The van der Waals surface area contributed by atoms with Gasteiger partial charge in [0.15, 0.2) is 51.2 Å². The van der Waals surface area contributed by atoms with E-state index in [4.69, 9.17) is 51.8 Å². The topological polar surface area (TPSA) is 384 Å². The number of nitrogens with zero attached hydrogens (tertiary/aromatic N) is 7. The molecule has 0 spiro atoms. The first-order chi connectivity index (χ1) is 58.2. The Morgan fingerprint density at radius 2 is 0.724 bits per heavy atom. The van der Waals surface area contributed by atoms with E-state index in [0.29, 0.717) is 25.7 Å². The van der Waals surface area contributed by atoms with E-state index < -0.39 is 157 Å². The largest absolute Gasteiger partial charge is 0.548 e. The van der Waals surface area contributed by atoms with Gasteiger partial charge in [0.2, 0.25) is 20.7 Å². The molecule has 672 valence electrons. The lowest BCUT2D eigenvalue weighted by Crippen LogP contribution is -2.61. The summed E-state index contributed by atoms with van der Waals surface area (Å²) in [7, 11) is -2.66. The Morgan fingerprint density at radius 1 is 0.390 bits per heavy atom. The van der Waals surface area contributed by atoms with Crippen molar-refractivity contribution in [3.05, 3.63) is 226 Å². The number of aryl methyl sites for hydroxylation is 4. The van der Waals surface area contributed by atoms with Gasteiger partial charge >= 0.3 is 41.8 Å². The monoisotopic (exact) mass is 1740 g/mol. The maximum absolute atomic E-state index is 11.9. The molecule has 11 rings (SSSR count). The number of aromatic nitrogens is 8. The van der Waals surface area contributed by atoms with Crippen LogP contribution in [0.15, 0.2) is 159 Å². The van der Waals surface area contributed by atoms with Gasteiger partial charge in [-0.25, -0.2) is 9.36 Å². The van der Waals surface area contributed by atoms with Gasteiger partial charge in [-0.15, -0.1) is 0 Å². The third kappa shape index (κ3) is 33.4. The van der Waals surface area contributed by atoms with Crippen LogP contribution in [0.5, 0.6) is 0 Å². The van der Waals surface area contributed by atoms with Gasteiger partial charge in [-0.1, -0.05) is 145 Å². The fraction of sp³-hybridized carbons (Fsp3) is 0.505. The number of rotatable bonds is 27. The van der Waals surface area contributed by atoms with Crippen molar-refractivity contribution in [2.45, 2.75) is 292 Å². The molecule has 0 aliphatic carbocycles. The number of aliphatic hydroxyl groups is 4. The highest BCUT2D eigenvalue weighted by Gasteiger charge is 2.54. The molecule has 3 fully saturated rings. The zero-order valence-electron chi connectivity index (χ0n) is 74.8. The third-order valence-corrected chi connectivity index (χ3v) is 22.1. The Kier molecular flexibility index (Phi) is 40.7. The van der Waals surface area contributed by atoms with Crippen LogP contribution in [0.25, 0.3) is 0 Å². The van der Waals surface area contributed by atoms with Gasteiger partial charge in [0, 0.05) is 98.9 Å². The molecule has 3 aliphatic rings. The molecule has 7 heterocycles. The van der Waals surface area contributed by atoms with E-state index in [9.17, 15) is 54.0 Å². The fourth-order valence-corrected chi connectivity index (χ4v) is 15.6. The summed E-state index contributed by atoms with van der Waals surface area (Å²) in [5.74, 6) is -3.56. The maximum Gasteiger partial charge on any atom is 0.305 e. The summed E-state index contributed by atoms with van der Waals surface area (Å²) in [5.41, 5.74) is 14.7. The average Bonchev–Trinajstić information content (AvgIpc) is 1.77. The van der Waals surface area contributed by atoms with Crippen molar-refractivity contribution in [3.63, 3.8) is 0 Å². The Morgan fingerprint density at radius 3 is 1.06 bits per heavy atom. The Balaban J connectivity index is 0.000000238. The highest BCUT2D eigenvalue weighted by Crippen LogP contribution is 2.37. The molecule has 4 aromatic heterocycles. The molecule has 0 radical (unpaired) electrons. The molecular weight excluding hydrogens is 1610 g/mol. The predicted molar refractivity (Wildman–Crippen MR) is 465 cm³/mol. The standard InChI is InChI=1S/C25H32N2O7.C18H24N2O5.C15H22N2Si.C15H22O9.C12H14N2.C6H14OSi/c1-6-18-8-10-19(11-9-18)12-20-13-26-27(14-20)25-24(33-17(5)30)23(32-16(4)29)22(31-15(3)28)21(7-2)34-25;1-2-11-3-5-12(6-4-11)7-13-8-19-20(9-13)18-17(24)16(23)15(22)14(10-21)25-18;1-5-13-6-8-14(9-7-13)10-15-11-16-17(12-15)18(2,3)4;1-6-11-12(20-7(2)16)13(21-8(3)17)14(22-9(4)18)15(24-11)23-10(5)19;1-2-10-3-5-11(6-4-10)7-12-8-13-14-9-12;1-6(2)7-8(3,4)5/h8-11,13-14,21-25H,6-7,12H2,1-5H3;3-6,8-9,14-18,21-24H,2,7,10H2,1H3;6-9,11-12H,5,10H2,1-4H3;11-15H,6H2,1-5H3;3-6,8-9H,2,7H2,1H3,(H,13,14);1H2,2-5H3/t21-,22-,23+,24-,25?;14-,15-,16+,17-,18?;;11-,12-,13+,14-,15?;;/m11.1../s1. The quantitative estimate of drug-likeness (QED) is 0.0138. The van der Waals surface area contributed by atoms with Crippen molar-refractivity contribution in [1.82, 2.24) is 39.2 Å². The summed E-state index contributed by atoms with van der Waals surface area (Å²) in [6.45, 7) is 39.0. The van der Waals surface area contributed by atoms with Gasteiger partial charge in [-0.05, 0) is 151 Å². The minimum Gasteiger partial charge on any atom is -0.548 e. The Hall–Kier alpha value is -10.3. The molecular formula is C91H128N8O22Si2. The second-order valence-corrected chi connectivity index (χ2v) is 41.5. The SMILES string of the molecule is C=C(C)O[Si](C)(C)C.CC[C@H]1OC(OC(C)=O)[C@H](OC(C)=O)[C@@H](OC(C)=O)[C@@H]1OC(C)=O.CCc1ccc(Cc2cn[nH]c2)cc1.CCc1ccc(Cc2cnn(C3O[C@H](CC)[C@@H](OC(C)=O)[C@H](OC(C)=O)[C@H]3OC(C)=O)c2)cc1.CCc1ccc(Cc2cnn(C3O[C@H](CO)[C@@H](O)[C@H](O)[C@H]3O)c2)cc1.CCc1ccc(Cc2cnn([Si](C)(C)C)c2)cc1. The second kappa shape index (κ2) is 49.3. The van der Waals surface area contributed by atoms with Gasteiger partial charge in [0.1, 0.15) is 36.6 Å². The van der Waals surface area contributed by atoms with Crippen LogP contribution in [-0.2, 0) is 137 Å². The normalized spacial score (nSPS) is 22.1. The number of hydrogen-bond acceptors (Lipinski definition) is 26. The molecule has 8 aromatic rings. The first-order valence-corrected chi connectivity index (χ1v) is 48.6. The Bertz CT molecular complexity index is 4580. The van der Waals surface area contributed by atoms with E-state index in [1.165, 1.54) is 76.9 Å². The third-order valence-electron chi connectivity index (χ3n) is 19.5. The predicted octanol–water partition coefficient (Wildman–Crippen LogP) is 12.3. The number of nitrogens with one attached hydrogen (secondary N) is 1. The number of aromatic amines is 1. The number of carbonyl (C=O) groups excluding carboxylic acids is 7. The number of allylic oxidation sites excluding steroid dienone is 1. The van der Waals surface area contributed by atoms with Gasteiger partial charge in [-0.2, -0.15) is 20.4 Å². The minimum absolute atomic E-state index is 0.375. The summed E-state index contributed by atoms with van der Waals surface area (Å²) < 4.78 is 64.9. The summed E-state index contributed by atoms with van der Waals surface area (Å²) in [6.07, 6.45) is 7.29. The molecule has 3 aliphatic heterocycles. The van der Waals surface area contributed by atoms with Gasteiger partial charge < -0.3 is 76.6 Å². The molecule has 3 unspecified atom stereocenters. The van der Waals surface area contributed by atoms with Crippen molar-refractivity contribution < 1.29 is 106 Å². The Labute approximate surface area is 724 Å². The number of benzene rings is 4. The van der Waals surface area contributed by atoms with Gasteiger partial charge in [0.05, 0.1) is 37.2 Å². The molecule has 15 atom stereocenters.